The lowest BCUT2D eigenvalue weighted by Crippen LogP contribution is -1.93. The summed E-state index contributed by atoms with van der Waals surface area (Å²) < 4.78 is 0. The standard InChI is InChI=1S/C22H42O2/c1-2-3-4-5-6-7-8-9-10-11-12-13-14-15-16-17-18-19-20-21-22(23)24/h6-7H,2-5,8-21H2,1H3,(H,23,24)/b7-6+. The number of carboxylic acid groups (broad SMARTS) is 1. The topological polar surface area (TPSA) is 37.3 Å². The molecule has 0 aliphatic heterocycles. The highest BCUT2D eigenvalue weighted by Crippen LogP contribution is 2.13. The van der Waals surface area contributed by atoms with Crippen LogP contribution < -0.4 is 0 Å². The van der Waals surface area contributed by atoms with Crippen LogP contribution in [-0.4, -0.2) is 11.1 Å². The van der Waals surface area contributed by atoms with Gasteiger partial charge in [-0.05, 0) is 32.1 Å². The minimum Gasteiger partial charge on any atom is -0.481 e. The van der Waals surface area contributed by atoms with Crippen molar-refractivity contribution in [2.24, 2.45) is 0 Å². The van der Waals surface area contributed by atoms with E-state index in [-0.39, 0.29) is 0 Å². The number of carboxylic acids is 1. The van der Waals surface area contributed by atoms with Crippen LogP contribution in [0.5, 0.6) is 0 Å². The molecule has 2 heteroatoms. The van der Waals surface area contributed by atoms with Gasteiger partial charge in [0.25, 0.3) is 0 Å². The molecule has 0 aliphatic rings. The molecule has 0 atom stereocenters. The highest BCUT2D eigenvalue weighted by atomic mass is 16.4. The van der Waals surface area contributed by atoms with Gasteiger partial charge < -0.3 is 5.11 Å². The minimum atomic E-state index is -0.655. The third kappa shape index (κ3) is 21.2. The molecule has 142 valence electrons. The van der Waals surface area contributed by atoms with Crippen LogP contribution in [0.2, 0.25) is 0 Å². The molecule has 0 amide bonds. The molecule has 0 spiro atoms. The van der Waals surface area contributed by atoms with E-state index >= 15 is 0 Å². The Bertz CT molecular complexity index is 284. The minimum absolute atomic E-state index is 0.342. The second-order valence-electron chi connectivity index (χ2n) is 7.14. The van der Waals surface area contributed by atoms with E-state index in [1.165, 1.54) is 96.3 Å². The SMILES string of the molecule is CCCCC/C=C/CCCCCCCCCCCCCCC(=O)O. The molecule has 0 aromatic heterocycles. The van der Waals surface area contributed by atoms with Gasteiger partial charge in [-0.2, -0.15) is 0 Å². The van der Waals surface area contributed by atoms with E-state index in [9.17, 15) is 4.79 Å². The molecule has 0 aliphatic carbocycles. The highest BCUT2D eigenvalue weighted by molar-refractivity contribution is 5.66. The van der Waals surface area contributed by atoms with Gasteiger partial charge in [-0.3, -0.25) is 4.79 Å². The molecular weight excluding hydrogens is 296 g/mol. The maximum Gasteiger partial charge on any atom is 0.303 e. The normalized spacial score (nSPS) is 11.4. The average molecular weight is 339 g/mol. The molecular formula is C22H42O2. The largest absolute Gasteiger partial charge is 0.481 e. The van der Waals surface area contributed by atoms with Crippen molar-refractivity contribution < 1.29 is 9.90 Å². The number of carbonyl (C=O) groups is 1. The van der Waals surface area contributed by atoms with Gasteiger partial charge in [0.15, 0.2) is 0 Å². The van der Waals surface area contributed by atoms with Crippen LogP contribution in [0.1, 0.15) is 122 Å². The van der Waals surface area contributed by atoms with Gasteiger partial charge >= 0.3 is 5.97 Å². The Morgan fingerprint density at radius 2 is 1.00 bits per heavy atom. The zero-order chi connectivity index (χ0) is 17.7. The monoisotopic (exact) mass is 338 g/mol. The summed E-state index contributed by atoms with van der Waals surface area (Å²) in [6.07, 6.45) is 27.1. The lowest BCUT2D eigenvalue weighted by atomic mass is 10.0. The summed E-state index contributed by atoms with van der Waals surface area (Å²) in [6.45, 7) is 2.26. The van der Waals surface area contributed by atoms with E-state index in [1.54, 1.807) is 0 Å². The zero-order valence-electron chi connectivity index (χ0n) is 16.2. The molecule has 24 heavy (non-hydrogen) atoms. The van der Waals surface area contributed by atoms with E-state index < -0.39 is 5.97 Å². The van der Waals surface area contributed by atoms with Crippen molar-refractivity contribution in [1.29, 1.82) is 0 Å². The van der Waals surface area contributed by atoms with Crippen molar-refractivity contribution in [3.63, 3.8) is 0 Å². The number of rotatable bonds is 19. The summed E-state index contributed by atoms with van der Waals surface area (Å²) in [5.74, 6) is -0.655. The molecule has 0 aromatic rings. The molecule has 0 bridgehead atoms. The molecule has 0 aromatic carbocycles. The number of aliphatic carboxylic acids is 1. The first-order chi connectivity index (χ1) is 11.8. The Morgan fingerprint density at radius 3 is 1.42 bits per heavy atom. The summed E-state index contributed by atoms with van der Waals surface area (Å²) in [5, 5.41) is 8.55. The third-order valence-corrected chi connectivity index (χ3v) is 4.65. The predicted octanol–water partition coefficient (Wildman–Crippen LogP) is 7.67. The Balaban J connectivity index is 3.04. The van der Waals surface area contributed by atoms with E-state index in [4.69, 9.17) is 5.11 Å². The third-order valence-electron chi connectivity index (χ3n) is 4.65. The van der Waals surface area contributed by atoms with Gasteiger partial charge in [0.2, 0.25) is 0 Å². The van der Waals surface area contributed by atoms with Gasteiger partial charge in [-0.1, -0.05) is 96.1 Å². The summed E-state index contributed by atoms with van der Waals surface area (Å²) >= 11 is 0. The van der Waals surface area contributed by atoms with E-state index in [0.717, 1.165) is 12.8 Å². The lowest BCUT2D eigenvalue weighted by molar-refractivity contribution is -0.137. The Labute approximate surface area is 151 Å². The molecule has 0 fully saturated rings. The molecule has 0 saturated carbocycles. The summed E-state index contributed by atoms with van der Waals surface area (Å²) in [7, 11) is 0. The van der Waals surface area contributed by atoms with Crippen LogP contribution in [0.3, 0.4) is 0 Å². The second kappa shape index (κ2) is 20.3. The van der Waals surface area contributed by atoms with Crippen molar-refractivity contribution in [1.82, 2.24) is 0 Å². The molecule has 0 rings (SSSR count). The Kier molecular flexibility index (Phi) is 19.6. The fourth-order valence-corrected chi connectivity index (χ4v) is 3.05. The zero-order valence-corrected chi connectivity index (χ0v) is 16.2. The summed E-state index contributed by atoms with van der Waals surface area (Å²) in [6, 6.07) is 0. The van der Waals surface area contributed by atoms with Crippen molar-refractivity contribution >= 4 is 5.97 Å². The van der Waals surface area contributed by atoms with E-state index in [2.05, 4.69) is 19.1 Å². The first-order valence-corrected chi connectivity index (χ1v) is 10.6. The van der Waals surface area contributed by atoms with Gasteiger partial charge in [0, 0.05) is 6.42 Å². The molecule has 0 saturated heterocycles. The number of hydrogen-bond donors (Lipinski definition) is 1. The lowest BCUT2D eigenvalue weighted by Gasteiger charge is -2.02. The quantitative estimate of drug-likeness (QED) is 0.194. The Morgan fingerprint density at radius 1 is 0.625 bits per heavy atom. The van der Waals surface area contributed by atoms with Gasteiger partial charge in [0.05, 0.1) is 0 Å². The van der Waals surface area contributed by atoms with Crippen molar-refractivity contribution in [2.75, 3.05) is 0 Å². The maximum absolute atomic E-state index is 10.4. The average Bonchev–Trinajstić information content (AvgIpc) is 2.56. The fourth-order valence-electron chi connectivity index (χ4n) is 3.05. The first kappa shape index (κ1) is 23.2. The van der Waals surface area contributed by atoms with Crippen molar-refractivity contribution in [3.05, 3.63) is 12.2 Å². The molecule has 2 nitrogen and oxygen atoms in total. The van der Waals surface area contributed by atoms with Gasteiger partial charge in [0.1, 0.15) is 0 Å². The van der Waals surface area contributed by atoms with Crippen LogP contribution in [0, 0.1) is 0 Å². The smallest absolute Gasteiger partial charge is 0.303 e. The maximum atomic E-state index is 10.4. The summed E-state index contributed by atoms with van der Waals surface area (Å²) in [4.78, 5) is 10.4. The predicted molar refractivity (Wildman–Crippen MR) is 106 cm³/mol. The van der Waals surface area contributed by atoms with Gasteiger partial charge in [-0.25, -0.2) is 0 Å². The van der Waals surface area contributed by atoms with Gasteiger partial charge in [-0.15, -0.1) is 0 Å². The number of allylic oxidation sites excluding steroid dienone is 2. The number of unbranched alkanes of at least 4 members (excludes halogenated alkanes) is 15. The first-order valence-electron chi connectivity index (χ1n) is 10.6. The second-order valence-corrected chi connectivity index (χ2v) is 7.14. The molecule has 0 heterocycles. The summed E-state index contributed by atoms with van der Waals surface area (Å²) in [5.41, 5.74) is 0. The van der Waals surface area contributed by atoms with Crippen LogP contribution in [0.4, 0.5) is 0 Å². The van der Waals surface area contributed by atoms with Crippen molar-refractivity contribution in [3.8, 4) is 0 Å². The highest BCUT2D eigenvalue weighted by Gasteiger charge is 1.97. The van der Waals surface area contributed by atoms with Crippen LogP contribution in [0.15, 0.2) is 12.2 Å². The van der Waals surface area contributed by atoms with Crippen molar-refractivity contribution in [2.45, 2.75) is 122 Å². The van der Waals surface area contributed by atoms with E-state index in [0.29, 0.717) is 6.42 Å². The molecule has 1 N–H and O–H groups in total. The van der Waals surface area contributed by atoms with Crippen LogP contribution >= 0.6 is 0 Å². The molecule has 0 radical (unpaired) electrons. The number of hydrogen-bond acceptors (Lipinski definition) is 1. The molecule has 0 unspecified atom stereocenters. The fraction of sp³-hybridized carbons (Fsp3) is 0.864. The van der Waals surface area contributed by atoms with Crippen LogP contribution in [0.25, 0.3) is 0 Å². The van der Waals surface area contributed by atoms with E-state index in [1.807, 2.05) is 0 Å². The van der Waals surface area contributed by atoms with Crippen LogP contribution in [-0.2, 0) is 4.79 Å². The Hall–Kier alpha value is -0.790.